The summed E-state index contributed by atoms with van der Waals surface area (Å²) in [5.41, 5.74) is 2.55. The van der Waals surface area contributed by atoms with Crippen LogP contribution < -0.4 is 10.9 Å². The maximum atomic E-state index is 13.4. The van der Waals surface area contributed by atoms with Crippen molar-refractivity contribution in [2.24, 2.45) is 7.05 Å². The van der Waals surface area contributed by atoms with E-state index in [1.807, 2.05) is 19.9 Å². The highest BCUT2D eigenvalue weighted by Crippen LogP contribution is 2.29. The number of carbonyl (C=O) groups is 1. The van der Waals surface area contributed by atoms with Gasteiger partial charge in [-0.1, -0.05) is 22.8 Å². The number of hydrogen-bond donors (Lipinski definition) is 2. The smallest absolute Gasteiger partial charge is 0.356 e. The van der Waals surface area contributed by atoms with Crippen molar-refractivity contribution in [1.82, 2.24) is 34.9 Å². The molecule has 0 bridgehead atoms. The Hall–Kier alpha value is -4.71. The molecular formula is C25H21ClN8O4. The number of nitrogens with one attached hydrogen (secondary N) is 1. The fourth-order valence-electron chi connectivity index (χ4n) is 4.10. The van der Waals surface area contributed by atoms with Crippen molar-refractivity contribution in [3.8, 4) is 23.1 Å². The Labute approximate surface area is 220 Å². The summed E-state index contributed by atoms with van der Waals surface area (Å²) in [4.78, 5) is 38.0. The van der Waals surface area contributed by atoms with Gasteiger partial charge in [0.25, 0.3) is 11.4 Å². The lowest BCUT2D eigenvalue weighted by Crippen LogP contribution is -2.22. The Morgan fingerprint density at radius 1 is 1.08 bits per heavy atom. The zero-order valence-electron chi connectivity index (χ0n) is 20.7. The van der Waals surface area contributed by atoms with E-state index in [0.717, 1.165) is 5.56 Å². The molecule has 5 aromatic rings. The highest BCUT2D eigenvalue weighted by Gasteiger charge is 2.21. The summed E-state index contributed by atoms with van der Waals surface area (Å²) in [6.07, 6.45) is 0. The number of rotatable bonds is 6. The van der Waals surface area contributed by atoms with Crippen LogP contribution in [0.2, 0.25) is 5.15 Å². The van der Waals surface area contributed by atoms with E-state index in [9.17, 15) is 14.7 Å². The second-order valence-corrected chi connectivity index (χ2v) is 9.09. The number of fused-ring (bicyclic) bond motifs is 1. The molecular weight excluding hydrogens is 512 g/mol. The predicted octanol–water partition coefficient (Wildman–Crippen LogP) is 3.98. The third-order valence-corrected chi connectivity index (χ3v) is 6.11. The number of carboxylic acid groups (broad SMARTS) is 1. The minimum atomic E-state index is -1.22. The van der Waals surface area contributed by atoms with Gasteiger partial charge in [0.1, 0.15) is 10.8 Å². The van der Waals surface area contributed by atoms with Crippen molar-refractivity contribution in [3.05, 3.63) is 74.6 Å². The maximum absolute atomic E-state index is 13.4. The first-order chi connectivity index (χ1) is 18.1. The van der Waals surface area contributed by atoms with Gasteiger partial charge in [-0.15, -0.1) is 10.2 Å². The first kappa shape index (κ1) is 25.0. The standard InChI is InChI=1S/C25H21ClN8O4/c1-11-9-14(12(2)27-16-7-8-19(26)29-21(16)25(36)37)20-15(10-11)24(35)34(4)22(30-20)17-5-6-18(32-31-17)23-28-13(3)33-38-23/h5-10,12,27H,1-4H3,(H,36,37)/t12-/m1/s1. The van der Waals surface area contributed by atoms with Crippen LogP contribution in [0.5, 0.6) is 0 Å². The van der Waals surface area contributed by atoms with Gasteiger partial charge < -0.3 is 14.9 Å². The minimum Gasteiger partial charge on any atom is -0.476 e. The van der Waals surface area contributed by atoms with Crippen LogP contribution in [0.1, 0.15) is 40.4 Å². The minimum absolute atomic E-state index is 0.0674. The fourth-order valence-corrected chi connectivity index (χ4v) is 4.25. The first-order valence-electron chi connectivity index (χ1n) is 11.4. The zero-order valence-corrected chi connectivity index (χ0v) is 21.5. The highest BCUT2D eigenvalue weighted by molar-refractivity contribution is 6.29. The van der Waals surface area contributed by atoms with Gasteiger partial charge in [-0.05, 0) is 56.7 Å². The van der Waals surface area contributed by atoms with Crippen molar-refractivity contribution in [1.29, 1.82) is 0 Å². The molecule has 0 unspecified atom stereocenters. The zero-order chi connectivity index (χ0) is 27.1. The number of carboxylic acids is 1. The predicted molar refractivity (Wildman–Crippen MR) is 139 cm³/mol. The SMILES string of the molecule is Cc1cc([C@@H](C)Nc2ccc(Cl)nc2C(=O)O)c2nc(-c3ccc(-c4nc(C)no4)nn3)n(C)c(=O)c2c1. The molecule has 4 aromatic heterocycles. The van der Waals surface area contributed by atoms with Gasteiger partial charge in [0.15, 0.2) is 23.0 Å². The topological polar surface area (TPSA) is 162 Å². The molecule has 0 amide bonds. The Bertz CT molecular complexity index is 1760. The van der Waals surface area contributed by atoms with E-state index in [-0.39, 0.29) is 28.0 Å². The number of pyridine rings is 1. The number of anilines is 1. The molecule has 38 heavy (non-hydrogen) atoms. The van der Waals surface area contributed by atoms with Crippen molar-refractivity contribution >= 4 is 34.2 Å². The van der Waals surface area contributed by atoms with E-state index in [1.54, 1.807) is 38.2 Å². The van der Waals surface area contributed by atoms with E-state index in [1.165, 1.54) is 10.6 Å². The molecule has 1 atom stereocenters. The lowest BCUT2D eigenvalue weighted by atomic mass is 10.0. The van der Waals surface area contributed by atoms with Gasteiger partial charge in [-0.25, -0.2) is 14.8 Å². The second kappa shape index (κ2) is 9.63. The van der Waals surface area contributed by atoms with E-state index >= 15 is 0 Å². The molecule has 0 saturated heterocycles. The number of benzene rings is 1. The molecule has 2 N–H and O–H groups in total. The Balaban J connectivity index is 1.60. The molecule has 13 heteroatoms. The van der Waals surface area contributed by atoms with Crippen LogP contribution in [-0.4, -0.2) is 45.9 Å². The number of hydrogen-bond acceptors (Lipinski definition) is 10. The van der Waals surface area contributed by atoms with Crippen LogP contribution in [0, 0.1) is 13.8 Å². The molecule has 0 radical (unpaired) electrons. The summed E-state index contributed by atoms with van der Waals surface area (Å²) in [7, 11) is 1.61. The van der Waals surface area contributed by atoms with E-state index in [2.05, 4.69) is 30.6 Å². The van der Waals surface area contributed by atoms with Crippen LogP contribution >= 0.6 is 11.6 Å². The molecule has 0 aliphatic rings. The van der Waals surface area contributed by atoms with Crippen LogP contribution in [-0.2, 0) is 7.05 Å². The number of aromatic carboxylic acids is 1. The summed E-state index contributed by atoms with van der Waals surface area (Å²) >= 11 is 5.89. The summed E-state index contributed by atoms with van der Waals surface area (Å²) in [5.74, 6) is -0.208. The molecule has 0 spiro atoms. The quantitative estimate of drug-likeness (QED) is 0.304. The molecule has 1 aromatic carbocycles. The molecule has 0 saturated carbocycles. The van der Waals surface area contributed by atoms with E-state index in [0.29, 0.717) is 39.5 Å². The maximum Gasteiger partial charge on any atom is 0.356 e. The number of nitrogens with zero attached hydrogens (tertiary/aromatic N) is 7. The van der Waals surface area contributed by atoms with E-state index < -0.39 is 12.0 Å². The van der Waals surface area contributed by atoms with Gasteiger partial charge in [-0.2, -0.15) is 4.98 Å². The summed E-state index contributed by atoms with van der Waals surface area (Å²) in [5, 5.41) is 25.4. The van der Waals surface area contributed by atoms with Crippen molar-refractivity contribution in [2.45, 2.75) is 26.8 Å². The fraction of sp³-hybridized carbons (Fsp3) is 0.200. The molecule has 192 valence electrons. The summed E-state index contributed by atoms with van der Waals surface area (Å²) in [6, 6.07) is 9.60. The number of aryl methyl sites for hydroxylation is 2. The van der Waals surface area contributed by atoms with Gasteiger partial charge in [0.2, 0.25) is 0 Å². The third-order valence-electron chi connectivity index (χ3n) is 5.90. The first-order valence-corrected chi connectivity index (χ1v) is 11.8. The molecule has 5 rings (SSSR count). The molecule has 0 aliphatic heterocycles. The Morgan fingerprint density at radius 3 is 2.47 bits per heavy atom. The van der Waals surface area contributed by atoms with Crippen LogP contribution in [0.4, 0.5) is 5.69 Å². The van der Waals surface area contributed by atoms with Gasteiger partial charge in [0.05, 0.1) is 22.6 Å². The lowest BCUT2D eigenvalue weighted by molar-refractivity contribution is 0.0691. The molecule has 12 nitrogen and oxygen atoms in total. The van der Waals surface area contributed by atoms with E-state index in [4.69, 9.17) is 21.1 Å². The highest BCUT2D eigenvalue weighted by atomic mass is 35.5. The average molecular weight is 533 g/mol. The van der Waals surface area contributed by atoms with Gasteiger partial charge >= 0.3 is 5.97 Å². The van der Waals surface area contributed by atoms with Crippen molar-refractivity contribution < 1.29 is 14.4 Å². The van der Waals surface area contributed by atoms with Crippen LogP contribution in [0.15, 0.2) is 45.7 Å². The monoisotopic (exact) mass is 532 g/mol. The van der Waals surface area contributed by atoms with Gasteiger partial charge in [0, 0.05) is 12.6 Å². The average Bonchev–Trinajstić information content (AvgIpc) is 3.33. The van der Waals surface area contributed by atoms with Crippen LogP contribution in [0.3, 0.4) is 0 Å². The Morgan fingerprint density at radius 2 is 1.82 bits per heavy atom. The third kappa shape index (κ3) is 4.57. The molecule has 4 heterocycles. The largest absolute Gasteiger partial charge is 0.476 e. The summed E-state index contributed by atoms with van der Waals surface area (Å²) < 4.78 is 6.55. The summed E-state index contributed by atoms with van der Waals surface area (Å²) in [6.45, 7) is 5.41. The van der Waals surface area contributed by atoms with Crippen molar-refractivity contribution in [3.63, 3.8) is 0 Å². The van der Waals surface area contributed by atoms with Crippen LogP contribution in [0.25, 0.3) is 34.0 Å². The Kier molecular flexibility index (Phi) is 6.33. The second-order valence-electron chi connectivity index (χ2n) is 8.70. The number of aromatic nitrogens is 7. The van der Waals surface area contributed by atoms with Gasteiger partial charge in [-0.3, -0.25) is 9.36 Å². The molecule has 0 fully saturated rings. The number of halogens is 1. The molecule has 0 aliphatic carbocycles. The normalized spacial score (nSPS) is 12.0. The lowest BCUT2D eigenvalue weighted by Gasteiger charge is -2.20. The van der Waals surface area contributed by atoms with Crippen molar-refractivity contribution in [2.75, 3.05) is 5.32 Å².